The zero-order valence-electron chi connectivity index (χ0n) is 25.3. The van der Waals surface area contributed by atoms with Gasteiger partial charge in [0.05, 0.1) is 33.5 Å². The molecule has 1 fully saturated rings. The topological polar surface area (TPSA) is 66.4 Å². The molecule has 6 nitrogen and oxygen atoms in total. The summed E-state index contributed by atoms with van der Waals surface area (Å²) in [5.41, 5.74) is 5.82. The molecule has 2 atom stereocenters. The second kappa shape index (κ2) is 12.2. The number of fused-ring (bicyclic) bond motifs is 2. The minimum Gasteiger partial charge on any atom is -0.332 e. The second-order valence-corrected chi connectivity index (χ2v) is 12.6. The van der Waals surface area contributed by atoms with Gasteiger partial charge in [-0.2, -0.15) is 0 Å². The van der Waals surface area contributed by atoms with Gasteiger partial charge in [0, 0.05) is 57.1 Å². The van der Waals surface area contributed by atoms with Gasteiger partial charge in [0.15, 0.2) is 0 Å². The summed E-state index contributed by atoms with van der Waals surface area (Å²) in [5.74, 6) is -0.167. The lowest BCUT2D eigenvalue weighted by Crippen LogP contribution is -2.59. The lowest BCUT2D eigenvalue weighted by Gasteiger charge is -2.44. The van der Waals surface area contributed by atoms with Crippen molar-refractivity contribution in [2.24, 2.45) is 0 Å². The van der Waals surface area contributed by atoms with Crippen LogP contribution in [0.4, 0.5) is 0 Å². The molecule has 3 heterocycles. The van der Waals surface area contributed by atoms with Gasteiger partial charge in [-0.3, -0.25) is 9.59 Å². The van der Waals surface area contributed by atoms with Gasteiger partial charge in [-0.1, -0.05) is 83.9 Å². The van der Waals surface area contributed by atoms with Crippen molar-refractivity contribution in [3.05, 3.63) is 130 Å². The van der Waals surface area contributed by atoms with Gasteiger partial charge in [-0.05, 0) is 62.4 Å². The smallest absolute Gasteiger partial charge is 0.254 e. The zero-order valence-corrected chi connectivity index (χ0v) is 26.8. The zero-order chi connectivity index (χ0) is 31.9. The van der Waals surface area contributed by atoms with E-state index in [9.17, 15) is 9.59 Å². The predicted octanol–water partition coefficient (Wildman–Crippen LogP) is 8.80. The van der Waals surface area contributed by atoms with Crippen LogP contribution in [0.1, 0.15) is 34.6 Å². The number of pyridine rings is 2. The lowest BCUT2D eigenvalue weighted by atomic mass is 9.99. The molecule has 0 spiro atoms. The first-order chi connectivity index (χ1) is 22.3. The number of rotatable bonds is 4. The Morgan fingerprint density at radius 2 is 0.957 bits per heavy atom. The van der Waals surface area contributed by atoms with Gasteiger partial charge in [-0.15, -0.1) is 0 Å². The van der Waals surface area contributed by atoms with Crippen molar-refractivity contribution in [3.8, 4) is 22.5 Å². The molecule has 0 N–H and O–H groups in total. The fraction of sp³-hybridized carbons (Fsp3) is 0.158. The Hall–Kier alpha value is -4.78. The van der Waals surface area contributed by atoms with Crippen LogP contribution in [0.15, 0.2) is 109 Å². The Bertz CT molecular complexity index is 1960. The van der Waals surface area contributed by atoms with Crippen LogP contribution in [0.25, 0.3) is 44.3 Å². The summed E-state index contributed by atoms with van der Waals surface area (Å²) in [6, 6.07) is 33.6. The van der Waals surface area contributed by atoms with Gasteiger partial charge >= 0.3 is 0 Å². The number of hydrogen-bond donors (Lipinski definition) is 0. The summed E-state index contributed by atoms with van der Waals surface area (Å²) < 4.78 is 0. The number of amides is 2. The summed E-state index contributed by atoms with van der Waals surface area (Å²) in [5, 5.41) is 2.86. The average Bonchev–Trinajstić information content (AvgIpc) is 3.08. The van der Waals surface area contributed by atoms with E-state index in [1.807, 2.05) is 133 Å². The molecule has 1 aliphatic heterocycles. The minimum atomic E-state index is -0.220. The Balaban J connectivity index is 1.20. The monoisotopic (exact) mass is 644 g/mol. The standard InChI is InChI=1S/C38H30Cl2N4O2/c1-23-21-44(38(46)32-20-36(26-13-17-28(40)18-14-26)42-34-10-6-4-8-30(32)34)24(2)22-43(23)37(45)31-19-35(25-11-15-27(39)16-12-25)41-33-9-5-3-7-29(31)33/h3-20,23-24H,21-22H2,1-2H3/t23-,24-/m0/s1. The van der Waals surface area contributed by atoms with Crippen molar-refractivity contribution in [2.75, 3.05) is 13.1 Å². The number of benzene rings is 4. The van der Waals surface area contributed by atoms with Crippen molar-refractivity contribution >= 4 is 56.8 Å². The third-order valence-electron chi connectivity index (χ3n) is 8.68. The number of hydrogen-bond acceptors (Lipinski definition) is 4. The van der Waals surface area contributed by atoms with Crippen LogP contribution >= 0.6 is 23.2 Å². The van der Waals surface area contributed by atoms with Crippen molar-refractivity contribution in [1.82, 2.24) is 19.8 Å². The van der Waals surface area contributed by atoms with E-state index in [-0.39, 0.29) is 23.9 Å². The number of carbonyl (C=O) groups is 2. The van der Waals surface area contributed by atoms with Crippen molar-refractivity contribution in [1.29, 1.82) is 0 Å². The van der Waals surface area contributed by atoms with Gasteiger partial charge in [0.25, 0.3) is 11.8 Å². The number of carbonyl (C=O) groups excluding carboxylic acids is 2. The first-order valence-corrected chi connectivity index (χ1v) is 16.0. The molecule has 228 valence electrons. The molecule has 2 aromatic heterocycles. The summed E-state index contributed by atoms with van der Waals surface area (Å²) in [6.07, 6.45) is 0. The van der Waals surface area contributed by atoms with Crippen LogP contribution in [-0.2, 0) is 0 Å². The van der Waals surface area contributed by atoms with Crippen LogP contribution in [0.2, 0.25) is 10.0 Å². The third-order valence-corrected chi connectivity index (χ3v) is 9.18. The molecular formula is C38H30Cl2N4O2. The highest BCUT2D eigenvalue weighted by Crippen LogP contribution is 2.31. The van der Waals surface area contributed by atoms with Gasteiger partial charge < -0.3 is 9.80 Å². The number of piperazine rings is 1. The van der Waals surface area contributed by atoms with Crippen molar-refractivity contribution in [2.45, 2.75) is 25.9 Å². The highest BCUT2D eigenvalue weighted by molar-refractivity contribution is 6.31. The van der Waals surface area contributed by atoms with Gasteiger partial charge in [0.1, 0.15) is 0 Å². The van der Waals surface area contributed by atoms with Crippen LogP contribution in [0.5, 0.6) is 0 Å². The first kappa shape index (κ1) is 29.9. The third kappa shape index (κ3) is 5.59. The number of aromatic nitrogens is 2. The molecule has 8 heteroatoms. The highest BCUT2D eigenvalue weighted by Gasteiger charge is 2.36. The Labute approximate surface area is 277 Å². The molecule has 2 amide bonds. The number of nitrogens with zero attached hydrogens (tertiary/aromatic N) is 4. The van der Waals surface area contributed by atoms with Crippen LogP contribution < -0.4 is 0 Å². The molecule has 0 radical (unpaired) electrons. The van der Waals surface area contributed by atoms with Crippen LogP contribution in [0, 0.1) is 0 Å². The quantitative estimate of drug-likeness (QED) is 0.192. The fourth-order valence-corrected chi connectivity index (χ4v) is 6.50. The van der Waals surface area contributed by atoms with Gasteiger partial charge in [-0.25, -0.2) is 9.97 Å². The molecule has 46 heavy (non-hydrogen) atoms. The van der Waals surface area contributed by atoms with E-state index in [0.29, 0.717) is 45.6 Å². The SMILES string of the molecule is C[C@H]1CN(C(=O)c2cc(-c3ccc(Cl)cc3)nc3ccccc23)[C@@H](C)CN1C(=O)c1cc(-c2ccc(Cl)cc2)nc2ccccc12. The van der Waals surface area contributed by atoms with E-state index in [1.165, 1.54) is 0 Å². The van der Waals surface area contributed by atoms with Crippen LogP contribution in [0.3, 0.4) is 0 Å². The van der Waals surface area contributed by atoms with E-state index >= 15 is 0 Å². The van der Waals surface area contributed by atoms with Crippen molar-refractivity contribution < 1.29 is 9.59 Å². The maximum Gasteiger partial charge on any atom is 0.254 e. The lowest BCUT2D eigenvalue weighted by molar-refractivity contribution is 0.0272. The van der Waals surface area contributed by atoms with Gasteiger partial charge in [0.2, 0.25) is 0 Å². The second-order valence-electron chi connectivity index (χ2n) is 11.8. The first-order valence-electron chi connectivity index (χ1n) is 15.2. The summed E-state index contributed by atoms with van der Waals surface area (Å²) in [7, 11) is 0. The van der Waals surface area contributed by atoms with E-state index in [2.05, 4.69) is 0 Å². The predicted molar refractivity (Wildman–Crippen MR) is 185 cm³/mol. The van der Waals surface area contributed by atoms with Crippen molar-refractivity contribution in [3.63, 3.8) is 0 Å². The molecule has 4 aromatic carbocycles. The molecule has 0 bridgehead atoms. The van der Waals surface area contributed by atoms with Crippen LogP contribution in [-0.4, -0.2) is 56.8 Å². The largest absolute Gasteiger partial charge is 0.332 e. The maximum absolute atomic E-state index is 14.3. The van der Waals surface area contributed by atoms with E-state index in [0.717, 1.165) is 32.9 Å². The molecule has 1 saturated heterocycles. The molecule has 0 saturated carbocycles. The van der Waals surface area contributed by atoms with E-state index < -0.39 is 0 Å². The number of para-hydroxylation sites is 2. The Morgan fingerprint density at radius 3 is 1.35 bits per heavy atom. The molecule has 1 aliphatic rings. The minimum absolute atomic E-state index is 0.0837. The molecular weight excluding hydrogens is 615 g/mol. The summed E-state index contributed by atoms with van der Waals surface area (Å²) in [6.45, 7) is 4.78. The average molecular weight is 646 g/mol. The fourth-order valence-electron chi connectivity index (χ4n) is 6.24. The molecule has 6 aromatic rings. The summed E-state index contributed by atoms with van der Waals surface area (Å²) >= 11 is 12.3. The Kier molecular flexibility index (Phi) is 7.93. The summed E-state index contributed by atoms with van der Waals surface area (Å²) in [4.78, 5) is 42.1. The molecule has 0 unspecified atom stereocenters. The Morgan fingerprint density at radius 1 is 0.587 bits per heavy atom. The normalized spacial score (nSPS) is 16.6. The highest BCUT2D eigenvalue weighted by atomic mass is 35.5. The number of halogens is 2. The van der Waals surface area contributed by atoms with E-state index in [1.54, 1.807) is 0 Å². The maximum atomic E-state index is 14.3. The van der Waals surface area contributed by atoms with E-state index in [4.69, 9.17) is 33.2 Å². The molecule has 0 aliphatic carbocycles. The molecule has 7 rings (SSSR count).